The molecular weight excluding hydrogens is 438 g/mol. The molecule has 8 nitrogen and oxygen atoms in total. The fourth-order valence-electron chi connectivity index (χ4n) is 3.54. The highest BCUT2D eigenvalue weighted by Crippen LogP contribution is 2.24. The van der Waals surface area contributed by atoms with E-state index in [-0.39, 0.29) is 35.4 Å². The molecule has 2 heterocycles. The van der Waals surface area contributed by atoms with Crippen LogP contribution < -0.4 is 9.61 Å². The third-order valence-corrected chi connectivity index (χ3v) is 8.23. The number of rotatable bonds is 5. The minimum Gasteiger partial charge on any atom is -0.484 e. The van der Waals surface area contributed by atoms with E-state index < -0.39 is 10.0 Å². The lowest BCUT2D eigenvalue weighted by Crippen LogP contribution is -2.51. The Bertz CT molecular complexity index is 1290. The summed E-state index contributed by atoms with van der Waals surface area (Å²) in [5.41, 5.74) is 1.75. The number of carbonyl (C=O) groups is 1. The van der Waals surface area contributed by atoms with E-state index in [1.54, 1.807) is 30.1 Å². The van der Waals surface area contributed by atoms with Crippen molar-refractivity contribution in [2.24, 2.45) is 7.05 Å². The second-order valence-corrected chi connectivity index (χ2v) is 10.4. The number of aromatic nitrogens is 1. The lowest BCUT2D eigenvalue weighted by molar-refractivity contribution is -0.134. The van der Waals surface area contributed by atoms with Crippen molar-refractivity contribution in [3.05, 3.63) is 57.7 Å². The summed E-state index contributed by atoms with van der Waals surface area (Å²) >= 11 is 1.02. The molecule has 0 aliphatic carbocycles. The molecule has 0 atom stereocenters. The molecule has 3 aromatic rings. The Morgan fingerprint density at radius 1 is 1.10 bits per heavy atom. The molecule has 1 aromatic heterocycles. The molecular formula is C21H23N3O5S2. The highest BCUT2D eigenvalue weighted by molar-refractivity contribution is 7.89. The highest BCUT2D eigenvalue weighted by Gasteiger charge is 2.30. The molecule has 0 unspecified atom stereocenters. The van der Waals surface area contributed by atoms with Crippen molar-refractivity contribution in [3.8, 4) is 5.75 Å². The van der Waals surface area contributed by atoms with E-state index in [2.05, 4.69) is 0 Å². The van der Waals surface area contributed by atoms with Crippen molar-refractivity contribution >= 4 is 37.5 Å². The number of benzene rings is 2. The molecule has 0 radical (unpaired) electrons. The Labute approximate surface area is 184 Å². The molecule has 10 heteroatoms. The van der Waals surface area contributed by atoms with E-state index in [1.807, 2.05) is 25.1 Å². The molecule has 1 amide bonds. The van der Waals surface area contributed by atoms with Gasteiger partial charge >= 0.3 is 4.87 Å². The summed E-state index contributed by atoms with van der Waals surface area (Å²) in [5.74, 6) is 0.460. The van der Waals surface area contributed by atoms with Crippen LogP contribution in [0.4, 0.5) is 0 Å². The van der Waals surface area contributed by atoms with Gasteiger partial charge in [-0.25, -0.2) is 8.42 Å². The number of piperazine rings is 1. The monoisotopic (exact) mass is 461 g/mol. The number of hydrogen-bond donors (Lipinski definition) is 0. The molecule has 2 aromatic carbocycles. The predicted octanol–water partition coefficient (Wildman–Crippen LogP) is 1.82. The van der Waals surface area contributed by atoms with Crippen LogP contribution in [-0.2, 0) is 21.9 Å². The van der Waals surface area contributed by atoms with E-state index in [9.17, 15) is 18.0 Å². The van der Waals surface area contributed by atoms with E-state index in [1.165, 1.54) is 14.9 Å². The van der Waals surface area contributed by atoms with Crippen molar-refractivity contribution in [3.63, 3.8) is 0 Å². The molecule has 1 saturated heterocycles. The summed E-state index contributed by atoms with van der Waals surface area (Å²) in [5, 5.41) is 0. The van der Waals surface area contributed by atoms with Gasteiger partial charge in [-0.05, 0) is 42.8 Å². The van der Waals surface area contributed by atoms with Crippen LogP contribution >= 0.6 is 11.3 Å². The summed E-state index contributed by atoms with van der Waals surface area (Å²) in [4.78, 5) is 25.9. The topological polar surface area (TPSA) is 88.9 Å². The smallest absolute Gasteiger partial charge is 0.307 e. The van der Waals surface area contributed by atoms with Crippen molar-refractivity contribution in [2.75, 3.05) is 32.8 Å². The second kappa shape index (κ2) is 8.45. The molecule has 1 aliphatic rings. The fourth-order valence-corrected chi connectivity index (χ4v) is 5.99. The molecule has 0 spiro atoms. The van der Waals surface area contributed by atoms with Gasteiger partial charge < -0.3 is 14.2 Å². The molecule has 1 aliphatic heterocycles. The number of carbonyl (C=O) groups excluding carboxylic acids is 1. The second-order valence-electron chi connectivity index (χ2n) is 7.45. The van der Waals surface area contributed by atoms with Crippen molar-refractivity contribution < 1.29 is 17.9 Å². The number of nitrogens with zero attached hydrogens (tertiary/aromatic N) is 3. The molecule has 0 saturated carbocycles. The van der Waals surface area contributed by atoms with Crippen LogP contribution in [0.25, 0.3) is 10.2 Å². The lowest BCUT2D eigenvalue weighted by Gasteiger charge is -2.34. The normalized spacial score (nSPS) is 15.4. The summed E-state index contributed by atoms with van der Waals surface area (Å²) < 4.78 is 35.2. The van der Waals surface area contributed by atoms with Crippen LogP contribution in [0.15, 0.2) is 52.2 Å². The van der Waals surface area contributed by atoms with Gasteiger partial charge in [0.1, 0.15) is 5.75 Å². The minimum absolute atomic E-state index is 0.0835. The summed E-state index contributed by atoms with van der Waals surface area (Å²) in [6.07, 6.45) is 0. The Morgan fingerprint density at radius 3 is 2.55 bits per heavy atom. The first-order valence-electron chi connectivity index (χ1n) is 9.83. The molecule has 164 valence electrons. The minimum atomic E-state index is -3.71. The highest BCUT2D eigenvalue weighted by atomic mass is 32.2. The van der Waals surface area contributed by atoms with E-state index in [4.69, 9.17) is 4.74 Å². The van der Waals surface area contributed by atoms with Gasteiger partial charge in [0.2, 0.25) is 10.0 Å². The van der Waals surface area contributed by atoms with E-state index in [0.29, 0.717) is 29.1 Å². The van der Waals surface area contributed by atoms with Crippen molar-refractivity contribution in [1.82, 2.24) is 13.8 Å². The van der Waals surface area contributed by atoms with Gasteiger partial charge in [-0.1, -0.05) is 23.5 Å². The van der Waals surface area contributed by atoms with E-state index in [0.717, 1.165) is 16.9 Å². The van der Waals surface area contributed by atoms with Gasteiger partial charge in [0.15, 0.2) is 6.61 Å². The Hall–Kier alpha value is -2.69. The Balaban J connectivity index is 1.39. The number of fused-ring (bicyclic) bond motifs is 1. The van der Waals surface area contributed by atoms with Crippen LogP contribution in [0.5, 0.6) is 5.75 Å². The molecule has 0 N–H and O–H groups in total. The number of amides is 1. The number of sulfonamides is 1. The first-order chi connectivity index (χ1) is 14.8. The third-order valence-electron chi connectivity index (χ3n) is 5.34. The third kappa shape index (κ3) is 4.36. The van der Waals surface area contributed by atoms with E-state index >= 15 is 0 Å². The average molecular weight is 462 g/mol. The maximum absolute atomic E-state index is 13.1. The molecule has 31 heavy (non-hydrogen) atoms. The van der Waals surface area contributed by atoms with Crippen LogP contribution in [0.2, 0.25) is 0 Å². The fraction of sp³-hybridized carbons (Fsp3) is 0.333. The lowest BCUT2D eigenvalue weighted by atomic mass is 10.2. The molecule has 4 rings (SSSR count). The number of aryl methyl sites for hydroxylation is 2. The van der Waals surface area contributed by atoms with Crippen molar-refractivity contribution in [2.45, 2.75) is 11.8 Å². The first-order valence-corrected chi connectivity index (χ1v) is 12.1. The van der Waals surface area contributed by atoms with Crippen LogP contribution in [0.3, 0.4) is 0 Å². The zero-order valence-corrected chi connectivity index (χ0v) is 18.9. The average Bonchev–Trinajstić information content (AvgIpc) is 3.05. The quantitative estimate of drug-likeness (QED) is 0.578. The van der Waals surface area contributed by atoms with Crippen LogP contribution in [0, 0.1) is 6.92 Å². The Morgan fingerprint density at radius 2 is 1.84 bits per heavy atom. The van der Waals surface area contributed by atoms with Gasteiger partial charge in [-0.2, -0.15) is 4.31 Å². The van der Waals surface area contributed by atoms with Gasteiger partial charge in [0.05, 0.1) is 15.1 Å². The summed E-state index contributed by atoms with van der Waals surface area (Å²) in [7, 11) is -2.05. The van der Waals surface area contributed by atoms with Gasteiger partial charge in [0.25, 0.3) is 5.91 Å². The number of thiazole rings is 1. The zero-order chi connectivity index (χ0) is 22.2. The predicted molar refractivity (Wildman–Crippen MR) is 119 cm³/mol. The van der Waals surface area contributed by atoms with Crippen LogP contribution in [-0.4, -0.2) is 60.9 Å². The summed E-state index contributed by atoms with van der Waals surface area (Å²) in [6.45, 7) is 2.89. The maximum atomic E-state index is 13.1. The van der Waals surface area contributed by atoms with Gasteiger partial charge in [-0.15, -0.1) is 0 Å². The standard InChI is InChI=1S/C21H23N3O5S2/c1-15-4-3-5-16(12-15)29-14-20(25)23-8-10-24(11-9-23)31(27,28)17-6-7-18-19(13-17)30-21(26)22(18)2/h3-7,12-13H,8-11,14H2,1-2H3. The van der Waals surface area contributed by atoms with Gasteiger partial charge in [-0.3, -0.25) is 9.59 Å². The Kier molecular flexibility index (Phi) is 5.87. The molecule has 0 bridgehead atoms. The SMILES string of the molecule is Cc1cccc(OCC(=O)N2CCN(S(=O)(=O)c3ccc4c(c3)sc(=O)n4C)CC2)c1. The maximum Gasteiger partial charge on any atom is 0.307 e. The first kappa shape index (κ1) is 21.5. The number of ether oxygens (including phenoxy) is 1. The number of hydrogen-bond acceptors (Lipinski definition) is 6. The summed E-state index contributed by atoms with van der Waals surface area (Å²) in [6, 6.07) is 12.2. The zero-order valence-electron chi connectivity index (χ0n) is 17.3. The van der Waals surface area contributed by atoms with Crippen molar-refractivity contribution in [1.29, 1.82) is 0 Å². The largest absolute Gasteiger partial charge is 0.484 e. The molecule has 1 fully saturated rings. The van der Waals surface area contributed by atoms with Crippen LogP contribution in [0.1, 0.15) is 5.56 Å². The van der Waals surface area contributed by atoms with Gasteiger partial charge in [0, 0.05) is 33.2 Å².